The largest absolute Gasteiger partial charge is 0.493 e. The van der Waals surface area contributed by atoms with Gasteiger partial charge in [0.1, 0.15) is 0 Å². The number of fused-ring (bicyclic) bond motifs is 1. The Labute approximate surface area is 102 Å². The summed E-state index contributed by atoms with van der Waals surface area (Å²) in [4.78, 5) is 0. The zero-order valence-corrected chi connectivity index (χ0v) is 10.6. The van der Waals surface area contributed by atoms with Gasteiger partial charge in [-0.15, -0.1) is 0 Å². The number of hydrogen-bond acceptors (Lipinski definition) is 4. The zero-order valence-electron chi connectivity index (χ0n) is 10.6. The minimum Gasteiger partial charge on any atom is -0.493 e. The van der Waals surface area contributed by atoms with Crippen LogP contribution < -0.4 is 19.5 Å². The van der Waals surface area contributed by atoms with Crippen LogP contribution in [0.1, 0.15) is 17.9 Å². The van der Waals surface area contributed by atoms with E-state index in [-0.39, 0.29) is 0 Å². The summed E-state index contributed by atoms with van der Waals surface area (Å²) in [6, 6.07) is 4.01. The normalized spacial score (nSPS) is 18.2. The van der Waals surface area contributed by atoms with Crippen LogP contribution in [0, 0.1) is 0 Å². The van der Waals surface area contributed by atoms with E-state index in [9.17, 15) is 0 Å². The van der Waals surface area contributed by atoms with Crippen LogP contribution >= 0.6 is 0 Å². The number of benzene rings is 1. The number of ether oxygens (including phenoxy) is 3. The molecule has 0 saturated carbocycles. The molecular weight excluding hydrogens is 218 g/mol. The summed E-state index contributed by atoms with van der Waals surface area (Å²) < 4.78 is 16.4. The first kappa shape index (κ1) is 12.0. The highest BCUT2D eigenvalue weighted by Gasteiger charge is 2.26. The van der Waals surface area contributed by atoms with Gasteiger partial charge in [-0.25, -0.2) is 0 Å². The smallest absolute Gasteiger partial charge is 0.203 e. The van der Waals surface area contributed by atoms with E-state index in [2.05, 4.69) is 11.4 Å². The summed E-state index contributed by atoms with van der Waals surface area (Å²) in [6.07, 6.45) is 1.03. The van der Waals surface area contributed by atoms with Crippen molar-refractivity contribution in [2.75, 3.05) is 34.4 Å². The molecule has 0 bridgehead atoms. The van der Waals surface area contributed by atoms with Gasteiger partial charge in [0.25, 0.3) is 0 Å². The van der Waals surface area contributed by atoms with Gasteiger partial charge in [-0.05, 0) is 19.5 Å². The van der Waals surface area contributed by atoms with Crippen molar-refractivity contribution in [3.63, 3.8) is 0 Å². The minimum atomic E-state index is 0.476. The molecule has 2 rings (SSSR count). The van der Waals surface area contributed by atoms with E-state index in [1.54, 1.807) is 14.2 Å². The van der Waals surface area contributed by atoms with Crippen molar-refractivity contribution < 1.29 is 14.2 Å². The third kappa shape index (κ3) is 2.17. The molecule has 4 heteroatoms. The van der Waals surface area contributed by atoms with Gasteiger partial charge in [-0.3, -0.25) is 0 Å². The molecule has 1 unspecified atom stereocenters. The Balaban J connectivity index is 2.43. The van der Waals surface area contributed by atoms with Gasteiger partial charge in [-0.1, -0.05) is 6.07 Å². The summed E-state index contributed by atoms with van der Waals surface area (Å²) in [6.45, 7) is 1.68. The van der Waals surface area contributed by atoms with Gasteiger partial charge in [0, 0.05) is 18.0 Å². The van der Waals surface area contributed by atoms with Crippen LogP contribution in [-0.2, 0) is 0 Å². The molecule has 0 spiro atoms. The maximum Gasteiger partial charge on any atom is 0.203 e. The molecule has 1 aromatic carbocycles. The van der Waals surface area contributed by atoms with Crippen molar-refractivity contribution in [1.29, 1.82) is 0 Å². The van der Waals surface area contributed by atoms with Crippen LogP contribution in [-0.4, -0.2) is 34.4 Å². The van der Waals surface area contributed by atoms with E-state index in [0.717, 1.165) is 31.1 Å². The van der Waals surface area contributed by atoms with E-state index in [0.29, 0.717) is 11.7 Å². The van der Waals surface area contributed by atoms with Crippen molar-refractivity contribution in [2.24, 2.45) is 0 Å². The quantitative estimate of drug-likeness (QED) is 0.866. The van der Waals surface area contributed by atoms with Gasteiger partial charge in [0.15, 0.2) is 11.5 Å². The Kier molecular flexibility index (Phi) is 3.74. The second-order valence-corrected chi connectivity index (χ2v) is 4.11. The zero-order chi connectivity index (χ0) is 12.3. The van der Waals surface area contributed by atoms with Gasteiger partial charge in [-0.2, -0.15) is 0 Å². The van der Waals surface area contributed by atoms with E-state index in [1.807, 2.05) is 13.1 Å². The van der Waals surface area contributed by atoms with Gasteiger partial charge in [0.05, 0.1) is 20.8 Å². The molecule has 1 N–H and O–H groups in total. The van der Waals surface area contributed by atoms with E-state index < -0.39 is 0 Å². The molecule has 4 nitrogen and oxygen atoms in total. The third-order valence-corrected chi connectivity index (χ3v) is 3.13. The summed E-state index contributed by atoms with van der Waals surface area (Å²) >= 11 is 0. The Morgan fingerprint density at radius 1 is 1.35 bits per heavy atom. The third-order valence-electron chi connectivity index (χ3n) is 3.13. The molecule has 0 fully saturated rings. The fourth-order valence-electron chi connectivity index (χ4n) is 2.30. The van der Waals surface area contributed by atoms with E-state index >= 15 is 0 Å². The second kappa shape index (κ2) is 5.27. The molecule has 0 aromatic heterocycles. The monoisotopic (exact) mass is 237 g/mol. The Bertz CT molecular complexity index is 392. The lowest BCUT2D eigenvalue weighted by Crippen LogP contribution is -2.23. The number of nitrogens with one attached hydrogen (secondary N) is 1. The molecule has 1 aliphatic rings. The molecular formula is C13H19NO3. The average molecular weight is 237 g/mol. The molecule has 1 aromatic rings. The summed E-state index contributed by atoms with van der Waals surface area (Å²) in [5.41, 5.74) is 1.20. The van der Waals surface area contributed by atoms with Crippen molar-refractivity contribution in [3.05, 3.63) is 17.7 Å². The molecule has 0 saturated heterocycles. The van der Waals surface area contributed by atoms with Crippen molar-refractivity contribution >= 4 is 0 Å². The van der Waals surface area contributed by atoms with Gasteiger partial charge in [0.2, 0.25) is 5.75 Å². The summed E-state index contributed by atoms with van der Waals surface area (Å²) in [5.74, 6) is 2.73. The van der Waals surface area contributed by atoms with Crippen molar-refractivity contribution in [3.8, 4) is 17.2 Å². The predicted molar refractivity (Wildman–Crippen MR) is 66.3 cm³/mol. The lowest BCUT2D eigenvalue weighted by atomic mass is 9.92. The molecule has 1 atom stereocenters. The van der Waals surface area contributed by atoms with Crippen LogP contribution in [0.5, 0.6) is 17.2 Å². The molecule has 17 heavy (non-hydrogen) atoms. The number of rotatable bonds is 4. The van der Waals surface area contributed by atoms with Crippen molar-refractivity contribution in [1.82, 2.24) is 5.32 Å². The summed E-state index contributed by atoms with van der Waals surface area (Å²) in [7, 11) is 5.25. The summed E-state index contributed by atoms with van der Waals surface area (Å²) in [5, 5.41) is 3.22. The van der Waals surface area contributed by atoms with Gasteiger partial charge < -0.3 is 19.5 Å². The topological polar surface area (TPSA) is 39.7 Å². The molecule has 1 heterocycles. The van der Waals surface area contributed by atoms with E-state index in [4.69, 9.17) is 14.2 Å². The van der Waals surface area contributed by atoms with Crippen LogP contribution in [0.15, 0.2) is 12.1 Å². The molecule has 94 valence electrons. The van der Waals surface area contributed by atoms with Gasteiger partial charge >= 0.3 is 0 Å². The second-order valence-electron chi connectivity index (χ2n) is 4.11. The Morgan fingerprint density at radius 3 is 2.82 bits per heavy atom. The average Bonchev–Trinajstić information content (AvgIpc) is 2.38. The fourth-order valence-corrected chi connectivity index (χ4v) is 2.30. The first-order valence-corrected chi connectivity index (χ1v) is 5.84. The molecule has 0 aliphatic carbocycles. The first-order valence-electron chi connectivity index (χ1n) is 5.84. The van der Waals surface area contributed by atoms with Crippen molar-refractivity contribution in [2.45, 2.75) is 12.3 Å². The maximum atomic E-state index is 5.73. The van der Waals surface area contributed by atoms with E-state index in [1.165, 1.54) is 5.56 Å². The SMILES string of the molecule is CNCC1CCOc2c1ccc(OC)c2OC. The lowest BCUT2D eigenvalue weighted by Gasteiger charge is -2.27. The fraction of sp³-hybridized carbons (Fsp3) is 0.538. The van der Waals surface area contributed by atoms with Crippen LogP contribution in [0.4, 0.5) is 0 Å². The molecule has 0 amide bonds. The first-order chi connectivity index (χ1) is 8.31. The number of methoxy groups -OCH3 is 2. The molecule has 1 aliphatic heterocycles. The minimum absolute atomic E-state index is 0.476. The standard InChI is InChI=1S/C13H19NO3/c1-14-8-9-6-7-17-12-10(9)4-5-11(15-2)13(12)16-3/h4-5,9,14H,6-8H2,1-3H3. The highest BCUT2D eigenvalue weighted by atomic mass is 16.5. The Hall–Kier alpha value is -1.42. The molecule has 0 radical (unpaired) electrons. The maximum absolute atomic E-state index is 5.73. The van der Waals surface area contributed by atoms with Crippen LogP contribution in [0.3, 0.4) is 0 Å². The van der Waals surface area contributed by atoms with Crippen LogP contribution in [0.2, 0.25) is 0 Å². The number of hydrogen-bond donors (Lipinski definition) is 1. The predicted octanol–water partition coefficient (Wildman–Crippen LogP) is 1.79. The highest BCUT2D eigenvalue weighted by molar-refractivity contribution is 5.57. The van der Waals surface area contributed by atoms with Crippen LogP contribution in [0.25, 0.3) is 0 Å². The lowest BCUT2D eigenvalue weighted by molar-refractivity contribution is 0.245. The highest BCUT2D eigenvalue weighted by Crippen LogP contribution is 2.45. The number of likely N-dealkylation sites (N-methyl/N-ethyl adjacent to an activating group) is 1. The Morgan fingerprint density at radius 2 is 2.18 bits per heavy atom.